The molecule has 1 fully saturated rings. The molecule has 2 aromatic rings. The molecule has 122 valence electrons. The molecule has 0 aromatic heterocycles. The summed E-state index contributed by atoms with van der Waals surface area (Å²) in [6.45, 7) is 2.30. The fourth-order valence-electron chi connectivity index (χ4n) is 3.71. The van der Waals surface area contributed by atoms with Crippen LogP contribution in [0.5, 0.6) is 0 Å². The molecule has 0 heterocycles. The quantitative estimate of drug-likeness (QED) is 0.862. The molecule has 2 aromatic carbocycles. The Morgan fingerprint density at radius 3 is 1.91 bits per heavy atom. The normalized spacial score (nSPS) is 21.5. The maximum Gasteiger partial charge on any atom is 0.0459 e. The Labute approximate surface area is 139 Å². The van der Waals surface area contributed by atoms with Gasteiger partial charge in [-0.25, -0.2) is 0 Å². The lowest BCUT2D eigenvalue weighted by molar-refractivity contribution is 0.0898. The highest BCUT2D eigenvalue weighted by molar-refractivity contribution is 5.17. The minimum atomic E-state index is 0.334. The van der Waals surface area contributed by atoms with Crippen LogP contribution in [0.15, 0.2) is 60.7 Å². The van der Waals surface area contributed by atoms with Crippen molar-refractivity contribution >= 4 is 0 Å². The number of aliphatic hydroxyl groups excluding tert-OH is 1. The van der Waals surface area contributed by atoms with Crippen LogP contribution in [0.3, 0.4) is 0 Å². The Kier molecular flexibility index (Phi) is 5.84. The summed E-state index contributed by atoms with van der Waals surface area (Å²) in [5.41, 5.74) is 2.74. The molecule has 0 amide bonds. The SMILES string of the molecule is OC[C@H]1CCC[C@@H](N(Cc2ccccc2)Cc2ccccc2)C1. The predicted molar refractivity (Wildman–Crippen MR) is 95.0 cm³/mol. The molecule has 2 heteroatoms. The van der Waals surface area contributed by atoms with E-state index in [1.807, 2.05) is 0 Å². The molecule has 0 bridgehead atoms. The van der Waals surface area contributed by atoms with Gasteiger partial charge in [-0.1, -0.05) is 67.1 Å². The van der Waals surface area contributed by atoms with E-state index in [2.05, 4.69) is 65.6 Å². The maximum atomic E-state index is 9.55. The molecule has 23 heavy (non-hydrogen) atoms. The van der Waals surface area contributed by atoms with Crippen LogP contribution in [0, 0.1) is 5.92 Å². The first-order chi connectivity index (χ1) is 11.3. The van der Waals surface area contributed by atoms with Gasteiger partial charge in [-0.05, 0) is 36.3 Å². The molecular formula is C21H27NO. The third-order valence-electron chi connectivity index (χ3n) is 4.99. The number of nitrogens with zero attached hydrogens (tertiary/aromatic N) is 1. The monoisotopic (exact) mass is 309 g/mol. The second-order valence-electron chi connectivity index (χ2n) is 6.75. The van der Waals surface area contributed by atoms with Gasteiger partial charge in [0.2, 0.25) is 0 Å². The average Bonchev–Trinajstić information content (AvgIpc) is 2.63. The molecule has 2 nitrogen and oxygen atoms in total. The minimum Gasteiger partial charge on any atom is -0.396 e. The summed E-state index contributed by atoms with van der Waals surface area (Å²) >= 11 is 0. The molecule has 0 radical (unpaired) electrons. The molecule has 1 aliphatic carbocycles. The first-order valence-electron chi connectivity index (χ1n) is 8.78. The van der Waals surface area contributed by atoms with Gasteiger partial charge >= 0.3 is 0 Å². The fourth-order valence-corrected chi connectivity index (χ4v) is 3.71. The fraction of sp³-hybridized carbons (Fsp3) is 0.429. The number of hydrogen-bond donors (Lipinski definition) is 1. The lowest BCUT2D eigenvalue weighted by Crippen LogP contribution is -2.38. The highest BCUT2D eigenvalue weighted by Crippen LogP contribution is 2.29. The zero-order valence-corrected chi connectivity index (χ0v) is 13.8. The Morgan fingerprint density at radius 1 is 0.826 bits per heavy atom. The van der Waals surface area contributed by atoms with Gasteiger partial charge in [0.25, 0.3) is 0 Å². The van der Waals surface area contributed by atoms with Crippen molar-refractivity contribution in [2.75, 3.05) is 6.61 Å². The second-order valence-corrected chi connectivity index (χ2v) is 6.75. The number of aliphatic hydroxyl groups is 1. The molecule has 3 rings (SSSR count). The van der Waals surface area contributed by atoms with Crippen molar-refractivity contribution in [2.24, 2.45) is 5.92 Å². The van der Waals surface area contributed by atoms with Crippen LogP contribution in [-0.2, 0) is 13.1 Å². The van der Waals surface area contributed by atoms with Crippen molar-refractivity contribution in [3.63, 3.8) is 0 Å². The van der Waals surface area contributed by atoms with Gasteiger partial charge in [-0.2, -0.15) is 0 Å². The minimum absolute atomic E-state index is 0.334. The van der Waals surface area contributed by atoms with E-state index in [0.717, 1.165) is 19.5 Å². The lowest BCUT2D eigenvalue weighted by Gasteiger charge is -2.37. The van der Waals surface area contributed by atoms with E-state index < -0.39 is 0 Å². The molecule has 1 aliphatic rings. The first-order valence-corrected chi connectivity index (χ1v) is 8.78. The van der Waals surface area contributed by atoms with Gasteiger partial charge in [-0.15, -0.1) is 0 Å². The van der Waals surface area contributed by atoms with Crippen molar-refractivity contribution in [3.05, 3.63) is 71.8 Å². The van der Waals surface area contributed by atoms with E-state index in [1.54, 1.807) is 0 Å². The summed E-state index contributed by atoms with van der Waals surface area (Å²) in [6.07, 6.45) is 4.78. The van der Waals surface area contributed by atoms with Crippen molar-refractivity contribution in [1.29, 1.82) is 0 Å². The highest BCUT2D eigenvalue weighted by atomic mass is 16.3. The molecule has 0 unspecified atom stereocenters. The topological polar surface area (TPSA) is 23.5 Å². The van der Waals surface area contributed by atoms with Crippen LogP contribution in [-0.4, -0.2) is 22.7 Å². The van der Waals surface area contributed by atoms with E-state index in [0.29, 0.717) is 18.6 Å². The van der Waals surface area contributed by atoms with Crippen molar-refractivity contribution in [3.8, 4) is 0 Å². The van der Waals surface area contributed by atoms with Crippen LogP contribution >= 0.6 is 0 Å². The second kappa shape index (κ2) is 8.28. The summed E-state index contributed by atoms with van der Waals surface area (Å²) in [5, 5.41) is 9.55. The first kappa shape index (κ1) is 16.2. The zero-order valence-electron chi connectivity index (χ0n) is 13.8. The molecular weight excluding hydrogens is 282 g/mol. The maximum absolute atomic E-state index is 9.55. The Bertz CT molecular complexity index is 527. The molecule has 0 aliphatic heterocycles. The smallest absolute Gasteiger partial charge is 0.0459 e. The van der Waals surface area contributed by atoms with Crippen LogP contribution < -0.4 is 0 Å². The van der Waals surface area contributed by atoms with Crippen LogP contribution in [0.25, 0.3) is 0 Å². The number of benzene rings is 2. The Hall–Kier alpha value is -1.64. The predicted octanol–water partition coefficient (Wildman–Crippen LogP) is 4.24. The van der Waals surface area contributed by atoms with Gasteiger partial charge < -0.3 is 5.11 Å². The molecule has 1 saturated carbocycles. The van der Waals surface area contributed by atoms with Crippen LogP contribution in [0.4, 0.5) is 0 Å². The van der Waals surface area contributed by atoms with Crippen molar-refractivity contribution in [2.45, 2.75) is 44.8 Å². The van der Waals surface area contributed by atoms with Crippen LogP contribution in [0.2, 0.25) is 0 Å². The molecule has 2 atom stereocenters. The summed E-state index contributed by atoms with van der Waals surface area (Å²) in [7, 11) is 0. The van der Waals surface area contributed by atoms with Gasteiger partial charge in [-0.3, -0.25) is 4.90 Å². The molecule has 0 spiro atoms. The van der Waals surface area contributed by atoms with E-state index >= 15 is 0 Å². The van der Waals surface area contributed by atoms with E-state index in [1.165, 1.54) is 30.4 Å². The summed E-state index contributed by atoms with van der Waals surface area (Å²) < 4.78 is 0. The van der Waals surface area contributed by atoms with E-state index in [-0.39, 0.29) is 0 Å². The van der Waals surface area contributed by atoms with Gasteiger partial charge in [0, 0.05) is 25.7 Å². The zero-order chi connectivity index (χ0) is 15.9. The van der Waals surface area contributed by atoms with Crippen LogP contribution in [0.1, 0.15) is 36.8 Å². The molecule has 1 N–H and O–H groups in total. The third-order valence-corrected chi connectivity index (χ3v) is 4.99. The highest BCUT2D eigenvalue weighted by Gasteiger charge is 2.26. The Balaban J connectivity index is 1.75. The van der Waals surface area contributed by atoms with Gasteiger partial charge in [0.05, 0.1) is 0 Å². The number of hydrogen-bond acceptors (Lipinski definition) is 2. The van der Waals surface area contributed by atoms with Crippen molar-refractivity contribution in [1.82, 2.24) is 4.90 Å². The van der Waals surface area contributed by atoms with Gasteiger partial charge in [0.15, 0.2) is 0 Å². The lowest BCUT2D eigenvalue weighted by atomic mass is 9.85. The summed E-state index contributed by atoms with van der Waals surface area (Å²) in [4.78, 5) is 2.60. The Morgan fingerprint density at radius 2 is 1.39 bits per heavy atom. The summed E-state index contributed by atoms with van der Waals surface area (Å²) in [6, 6.07) is 22.0. The van der Waals surface area contributed by atoms with E-state index in [4.69, 9.17) is 0 Å². The van der Waals surface area contributed by atoms with E-state index in [9.17, 15) is 5.11 Å². The largest absolute Gasteiger partial charge is 0.396 e. The van der Waals surface area contributed by atoms with Gasteiger partial charge in [0.1, 0.15) is 0 Å². The standard InChI is InChI=1S/C21H27NO/c23-17-20-12-7-13-21(14-20)22(15-18-8-3-1-4-9-18)16-19-10-5-2-6-11-19/h1-6,8-11,20-21,23H,7,12-17H2/t20-,21+/m0/s1. The average molecular weight is 309 g/mol. The molecule has 0 saturated heterocycles. The van der Waals surface area contributed by atoms with Crippen molar-refractivity contribution < 1.29 is 5.11 Å². The number of rotatable bonds is 6. The third kappa shape index (κ3) is 4.66. The summed E-state index contributed by atoms with van der Waals surface area (Å²) in [5.74, 6) is 0.475.